The standard InChI is InChI=1S/C7H7N3O5/c1-3-4(8)2-5(9(12)13)7(11)6(3)10(14)15/h2,11H,8H2,1H3. The van der Waals surface area contributed by atoms with Crippen LogP contribution < -0.4 is 5.73 Å². The first-order valence-corrected chi connectivity index (χ1v) is 3.77. The minimum atomic E-state index is -0.975. The molecule has 0 atom stereocenters. The van der Waals surface area contributed by atoms with E-state index in [2.05, 4.69) is 0 Å². The van der Waals surface area contributed by atoms with Crippen LogP contribution in [0.3, 0.4) is 0 Å². The number of nitrogens with two attached hydrogens (primary N) is 1. The van der Waals surface area contributed by atoms with E-state index in [1.165, 1.54) is 6.92 Å². The van der Waals surface area contributed by atoms with Gasteiger partial charge in [0.05, 0.1) is 15.4 Å². The van der Waals surface area contributed by atoms with Crippen LogP contribution in [0, 0.1) is 27.2 Å². The van der Waals surface area contributed by atoms with Crippen LogP contribution in [-0.4, -0.2) is 15.0 Å². The Morgan fingerprint density at radius 2 is 1.87 bits per heavy atom. The van der Waals surface area contributed by atoms with Crippen molar-refractivity contribution in [2.24, 2.45) is 0 Å². The van der Waals surface area contributed by atoms with Gasteiger partial charge in [-0.15, -0.1) is 0 Å². The third-order valence-corrected chi connectivity index (χ3v) is 1.93. The summed E-state index contributed by atoms with van der Waals surface area (Å²) >= 11 is 0. The minimum absolute atomic E-state index is 0.00287. The number of nitrogens with zero attached hydrogens (tertiary/aromatic N) is 2. The molecule has 0 radical (unpaired) electrons. The Kier molecular flexibility index (Phi) is 2.43. The predicted molar refractivity (Wildman–Crippen MR) is 50.6 cm³/mol. The number of hydrogen-bond acceptors (Lipinski definition) is 6. The summed E-state index contributed by atoms with van der Waals surface area (Å²) in [7, 11) is 0. The molecule has 0 bridgehead atoms. The van der Waals surface area contributed by atoms with E-state index in [4.69, 9.17) is 5.73 Å². The van der Waals surface area contributed by atoms with Gasteiger partial charge >= 0.3 is 11.4 Å². The van der Waals surface area contributed by atoms with Crippen LogP contribution in [0.1, 0.15) is 5.56 Å². The van der Waals surface area contributed by atoms with Crippen LogP contribution in [0.5, 0.6) is 5.75 Å². The Hall–Kier alpha value is -2.38. The van der Waals surface area contributed by atoms with Crippen molar-refractivity contribution in [3.8, 4) is 5.75 Å². The first kappa shape index (κ1) is 10.7. The fourth-order valence-corrected chi connectivity index (χ4v) is 1.12. The highest BCUT2D eigenvalue weighted by molar-refractivity contribution is 5.71. The molecule has 0 fully saturated rings. The summed E-state index contributed by atoms with van der Waals surface area (Å²) in [5.74, 6) is -0.975. The maximum absolute atomic E-state index is 10.5. The van der Waals surface area contributed by atoms with Gasteiger partial charge in [0.15, 0.2) is 0 Å². The summed E-state index contributed by atoms with van der Waals surface area (Å²) in [6.07, 6.45) is 0. The zero-order chi connectivity index (χ0) is 11.7. The summed E-state index contributed by atoms with van der Waals surface area (Å²) in [5, 5.41) is 30.3. The summed E-state index contributed by atoms with van der Waals surface area (Å²) in [5.41, 5.74) is 3.74. The van der Waals surface area contributed by atoms with E-state index in [0.29, 0.717) is 0 Å². The van der Waals surface area contributed by atoms with Gasteiger partial charge in [-0.2, -0.15) is 0 Å². The molecule has 0 saturated carbocycles. The smallest absolute Gasteiger partial charge is 0.322 e. The average Bonchev–Trinajstić information content (AvgIpc) is 2.10. The van der Waals surface area contributed by atoms with Crippen LogP contribution in [0.4, 0.5) is 17.1 Å². The molecule has 3 N–H and O–H groups in total. The van der Waals surface area contributed by atoms with Gasteiger partial charge in [-0.05, 0) is 6.92 Å². The Balaban J connectivity index is 3.63. The van der Waals surface area contributed by atoms with E-state index in [9.17, 15) is 25.3 Å². The van der Waals surface area contributed by atoms with Gasteiger partial charge in [-0.1, -0.05) is 0 Å². The average molecular weight is 213 g/mol. The molecule has 1 aromatic rings. The van der Waals surface area contributed by atoms with Gasteiger partial charge in [-0.25, -0.2) is 0 Å². The molecule has 1 rings (SSSR count). The second kappa shape index (κ2) is 3.40. The summed E-state index contributed by atoms with van der Waals surface area (Å²) in [4.78, 5) is 19.1. The molecule has 8 nitrogen and oxygen atoms in total. The van der Waals surface area contributed by atoms with Crippen LogP contribution in [0.25, 0.3) is 0 Å². The quantitative estimate of drug-likeness (QED) is 0.327. The highest BCUT2D eigenvalue weighted by Crippen LogP contribution is 2.40. The van der Waals surface area contributed by atoms with Crippen molar-refractivity contribution in [1.82, 2.24) is 0 Å². The lowest BCUT2D eigenvalue weighted by Gasteiger charge is -2.03. The molecule has 15 heavy (non-hydrogen) atoms. The van der Waals surface area contributed by atoms with Crippen molar-refractivity contribution in [2.75, 3.05) is 5.73 Å². The summed E-state index contributed by atoms with van der Waals surface area (Å²) in [6, 6.07) is 0.887. The number of rotatable bonds is 2. The molecule has 0 aliphatic heterocycles. The van der Waals surface area contributed by atoms with Crippen LogP contribution in [-0.2, 0) is 0 Å². The zero-order valence-electron chi connectivity index (χ0n) is 7.63. The lowest BCUT2D eigenvalue weighted by molar-refractivity contribution is -0.396. The summed E-state index contributed by atoms with van der Waals surface area (Å²) in [6.45, 7) is 1.30. The highest BCUT2D eigenvalue weighted by Gasteiger charge is 2.29. The molecule has 0 aliphatic carbocycles. The first-order chi connectivity index (χ1) is 6.86. The molecule has 0 spiro atoms. The van der Waals surface area contributed by atoms with E-state index in [0.717, 1.165) is 6.07 Å². The largest absolute Gasteiger partial charge is 0.497 e. The fourth-order valence-electron chi connectivity index (χ4n) is 1.12. The molecule has 1 aromatic carbocycles. The van der Waals surface area contributed by atoms with Crippen LogP contribution >= 0.6 is 0 Å². The second-order valence-electron chi connectivity index (χ2n) is 2.82. The Morgan fingerprint density at radius 3 is 2.27 bits per heavy atom. The molecule has 80 valence electrons. The third kappa shape index (κ3) is 1.64. The maximum atomic E-state index is 10.5. The van der Waals surface area contributed by atoms with Crippen molar-refractivity contribution in [2.45, 2.75) is 6.92 Å². The maximum Gasteiger partial charge on any atom is 0.322 e. The Morgan fingerprint density at radius 1 is 1.33 bits per heavy atom. The molecule has 0 saturated heterocycles. The topological polar surface area (TPSA) is 133 Å². The van der Waals surface area contributed by atoms with Gasteiger partial charge in [-0.3, -0.25) is 20.2 Å². The van der Waals surface area contributed by atoms with Crippen molar-refractivity contribution >= 4 is 17.1 Å². The normalized spacial score (nSPS) is 9.93. The predicted octanol–water partition coefficient (Wildman–Crippen LogP) is 1.10. The van der Waals surface area contributed by atoms with Gasteiger partial charge in [0.25, 0.3) is 5.75 Å². The molecule has 0 aromatic heterocycles. The number of phenolic OH excluding ortho intramolecular Hbond substituents is 1. The van der Waals surface area contributed by atoms with E-state index in [1.807, 2.05) is 0 Å². The van der Waals surface area contributed by atoms with Gasteiger partial charge < -0.3 is 10.8 Å². The number of nitro benzene ring substituents is 2. The lowest BCUT2D eigenvalue weighted by atomic mass is 10.1. The number of nitrogen functional groups attached to an aromatic ring is 1. The summed E-state index contributed by atoms with van der Waals surface area (Å²) < 4.78 is 0. The van der Waals surface area contributed by atoms with Crippen molar-refractivity contribution in [3.63, 3.8) is 0 Å². The van der Waals surface area contributed by atoms with Gasteiger partial charge in [0, 0.05) is 11.8 Å². The molecule has 0 unspecified atom stereocenters. The van der Waals surface area contributed by atoms with E-state index >= 15 is 0 Å². The SMILES string of the molecule is Cc1c(N)cc([N+](=O)[O-])c(O)c1[N+](=O)[O-]. The van der Waals surface area contributed by atoms with Crippen molar-refractivity contribution in [1.29, 1.82) is 0 Å². The van der Waals surface area contributed by atoms with Gasteiger partial charge in [0.1, 0.15) is 0 Å². The lowest BCUT2D eigenvalue weighted by Crippen LogP contribution is -2.00. The highest BCUT2D eigenvalue weighted by atomic mass is 16.6. The van der Waals surface area contributed by atoms with Crippen LogP contribution in [0.15, 0.2) is 6.07 Å². The van der Waals surface area contributed by atoms with Gasteiger partial charge in [0.2, 0.25) is 0 Å². The molecular formula is C7H7N3O5. The Bertz CT molecular complexity index is 456. The van der Waals surface area contributed by atoms with Crippen molar-refractivity contribution in [3.05, 3.63) is 31.9 Å². The number of benzene rings is 1. The minimum Gasteiger partial charge on any atom is -0.497 e. The monoisotopic (exact) mass is 213 g/mol. The van der Waals surface area contributed by atoms with Crippen molar-refractivity contribution < 1.29 is 15.0 Å². The van der Waals surface area contributed by atoms with E-state index < -0.39 is 27.0 Å². The third-order valence-electron chi connectivity index (χ3n) is 1.93. The Labute approximate surface area is 83.2 Å². The van der Waals surface area contributed by atoms with E-state index in [1.54, 1.807) is 0 Å². The number of nitro groups is 2. The number of anilines is 1. The molecule has 8 heteroatoms. The number of aromatic hydroxyl groups is 1. The fraction of sp³-hybridized carbons (Fsp3) is 0.143. The number of phenols is 1. The molecule has 0 heterocycles. The first-order valence-electron chi connectivity index (χ1n) is 3.77. The molecular weight excluding hydrogens is 206 g/mol. The zero-order valence-corrected chi connectivity index (χ0v) is 7.63. The number of hydrogen-bond donors (Lipinski definition) is 2. The second-order valence-corrected chi connectivity index (χ2v) is 2.82. The van der Waals surface area contributed by atoms with Crippen LogP contribution in [0.2, 0.25) is 0 Å². The van der Waals surface area contributed by atoms with E-state index in [-0.39, 0.29) is 11.3 Å². The molecule has 0 aliphatic rings. The molecule has 0 amide bonds.